The fourth-order valence-corrected chi connectivity index (χ4v) is 3.52. The number of unbranched alkanes of at least 4 members (excludes halogenated alkanes) is 1. The molecular formula is C26H60O. The summed E-state index contributed by atoms with van der Waals surface area (Å²) in [6, 6.07) is 0. The largest absolute Gasteiger partial charge is 0.300 e. The highest BCUT2D eigenvalue weighted by atomic mass is 16.1. The molecule has 0 radical (unpaired) electrons. The molecule has 2 atom stereocenters. The van der Waals surface area contributed by atoms with Gasteiger partial charge in [0.15, 0.2) is 0 Å². The molecule has 1 saturated carbocycles. The van der Waals surface area contributed by atoms with Gasteiger partial charge >= 0.3 is 0 Å². The summed E-state index contributed by atoms with van der Waals surface area (Å²) in [4.78, 5) is 11.4. The zero-order chi connectivity index (χ0) is 23.1. The maximum absolute atomic E-state index is 11.4. The van der Waals surface area contributed by atoms with Crippen molar-refractivity contribution in [2.45, 2.75) is 149 Å². The molecule has 1 fully saturated rings. The molecule has 0 amide bonds. The minimum Gasteiger partial charge on any atom is -0.300 e. The van der Waals surface area contributed by atoms with Crippen LogP contribution in [0.25, 0.3) is 0 Å². The number of carbonyl (C=O) groups excluding carboxylic acids is 1. The molecule has 0 heterocycles. The van der Waals surface area contributed by atoms with E-state index in [0.717, 1.165) is 6.42 Å². The van der Waals surface area contributed by atoms with E-state index >= 15 is 0 Å². The van der Waals surface area contributed by atoms with Crippen LogP contribution in [0.1, 0.15) is 149 Å². The van der Waals surface area contributed by atoms with E-state index in [9.17, 15) is 4.79 Å². The predicted molar refractivity (Wildman–Crippen MR) is 131 cm³/mol. The molecule has 0 saturated heterocycles. The molecule has 1 rings (SSSR count). The van der Waals surface area contributed by atoms with Crippen LogP contribution in [-0.2, 0) is 4.79 Å². The van der Waals surface area contributed by atoms with Crippen molar-refractivity contribution >= 4 is 5.78 Å². The van der Waals surface area contributed by atoms with Gasteiger partial charge in [-0.1, -0.05) is 110 Å². The normalized spacial score (nSPS) is 18.6. The lowest BCUT2D eigenvalue weighted by Crippen LogP contribution is -2.19. The topological polar surface area (TPSA) is 17.1 Å². The molecule has 0 aromatic heterocycles. The van der Waals surface area contributed by atoms with Gasteiger partial charge in [0.25, 0.3) is 0 Å². The van der Waals surface area contributed by atoms with Crippen LogP contribution in [0.5, 0.6) is 0 Å². The molecule has 1 heteroatoms. The van der Waals surface area contributed by atoms with E-state index < -0.39 is 0 Å². The smallest absolute Gasteiger partial charge is 0.132 e. The van der Waals surface area contributed by atoms with Gasteiger partial charge in [-0.2, -0.15) is 0 Å². The maximum atomic E-state index is 11.4. The molecule has 1 aliphatic rings. The Labute approximate surface area is 176 Å². The number of ketones is 1. The van der Waals surface area contributed by atoms with Gasteiger partial charge in [0.1, 0.15) is 5.78 Å². The second kappa shape index (κ2) is 25.7. The van der Waals surface area contributed by atoms with Gasteiger partial charge in [0.05, 0.1) is 0 Å². The Hall–Kier alpha value is -0.330. The third kappa shape index (κ3) is 14.3. The lowest BCUT2D eigenvalue weighted by molar-refractivity contribution is -0.121. The molecular weight excluding hydrogens is 328 g/mol. The number of hydrogen-bond donors (Lipinski definition) is 0. The molecule has 27 heavy (non-hydrogen) atoms. The number of carbonyl (C=O) groups is 1. The summed E-state index contributed by atoms with van der Waals surface area (Å²) < 4.78 is 0. The Morgan fingerprint density at radius 1 is 0.704 bits per heavy atom. The fraction of sp³-hybridized carbons (Fsp3) is 0.962. The Morgan fingerprint density at radius 3 is 1.15 bits per heavy atom. The van der Waals surface area contributed by atoms with Crippen LogP contribution in [-0.4, -0.2) is 5.78 Å². The molecule has 0 bridgehead atoms. The van der Waals surface area contributed by atoms with Gasteiger partial charge in [-0.15, -0.1) is 0 Å². The molecule has 2 unspecified atom stereocenters. The van der Waals surface area contributed by atoms with Crippen LogP contribution >= 0.6 is 0 Å². The first-order valence-electron chi connectivity index (χ1n) is 12.4. The first-order valence-corrected chi connectivity index (χ1v) is 12.4. The summed E-state index contributed by atoms with van der Waals surface area (Å²) in [5, 5.41) is 0. The number of hydrogen-bond acceptors (Lipinski definition) is 1. The second-order valence-corrected chi connectivity index (χ2v) is 6.51. The van der Waals surface area contributed by atoms with Crippen molar-refractivity contribution in [3.63, 3.8) is 0 Å². The van der Waals surface area contributed by atoms with Crippen molar-refractivity contribution in [1.82, 2.24) is 0 Å². The molecule has 0 aromatic rings. The molecule has 1 aliphatic carbocycles. The average Bonchev–Trinajstić information content (AvgIpc) is 3.42. The molecule has 170 valence electrons. The molecule has 0 spiro atoms. The average molecular weight is 389 g/mol. The quantitative estimate of drug-likeness (QED) is 0.424. The van der Waals surface area contributed by atoms with E-state index in [4.69, 9.17) is 0 Å². The summed E-state index contributed by atoms with van der Waals surface area (Å²) in [6.45, 7) is 31.1. The molecule has 1 nitrogen and oxygen atoms in total. The van der Waals surface area contributed by atoms with E-state index in [-0.39, 0.29) is 5.92 Å². The van der Waals surface area contributed by atoms with Crippen LogP contribution in [0.15, 0.2) is 0 Å². The zero-order valence-corrected chi connectivity index (χ0v) is 22.4. The highest BCUT2D eigenvalue weighted by molar-refractivity contribution is 5.78. The third-order valence-corrected chi connectivity index (χ3v) is 5.60. The molecule has 0 N–H and O–H groups in total. The van der Waals surface area contributed by atoms with E-state index in [1.54, 1.807) is 6.92 Å². The Balaban J connectivity index is -0.000000113. The summed E-state index contributed by atoms with van der Waals surface area (Å²) in [6.07, 6.45) is 8.90. The van der Waals surface area contributed by atoms with Crippen molar-refractivity contribution in [3.8, 4) is 0 Å². The maximum Gasteiger partial charge on any atom is 0.132 e. The Morgan fingerprint density at radius 2 is 1.00 bits per heavy atom. The Bertz CT molecular complexity index is 263. The fourth-order valence-electron chi connectivity index (χ4n) is 3.52. The highest BCUT2D eigenvalue weighted by Gasteiger charge is 2.63. The minimum atomic E-state index is 0.255. The summed E-state index contributed by atoms with van der Waals surface area (Å²) in [7, 11) is 0. The molecule has 0 aliphatic heterocycles. The van der Waals surface area contributed by atoms with E-state index in [1.807, 2.05) is 55.4 Å². The van der Waals surface area contributed by atoms with Crippen LogP contribution in [0.3, 0.4) is 0 Å². The van der Waals surface area contributed by atoms with Gasteiger partial charge in [0.2, 0.25) is 0 Å². The van der Waals surface area contributed by atoms with Gasteiger partial charge in [-0.3, -0.25) is 4.79 Å². The van der Waals surface area contributed by atoms with Crippen LogP contribution in [0, 0.1) is 16.7 Å². The SMILES string of the molecule is CC.CC.CC.CC.CCC1(CC)CC1(CC)CC(C)C(C)=O.CCCC. The van der Waals surface area contributed by atoms with Gasteiger partial charge < -0.3 is 0 Å². The number of rotatable bonds is 7. The minimum absolute atomic E-state index is 0.255. The van der Waals surface area contributed by atoms with Crippen molar-refractivity contribution < 1.29 is 4.79 Å². The summed E-state index contributed by atoms with van der Waals surface area (Å²) in [5.41, 5.74) is 1.05. The van der Waals surface area contributed by atoms with Crippen LogP contribution in [0.4, 0.5) is 0 Å². The van der Waals surface area contributed by atoms with E-state index in [2.05, 4.69) is 41.5 Å². The van der Waals surface area contributed by atoms with Crippen LogP contribution < -0.4 is 0 Å². The lowest BCUT2D eigenvalue weighted by atomic mass is 9.79. The third-order valence-electron chi connectivity index (χ3n) is 5.60. The predicted octanol–water partition coefficient (Wildman–Crippen LogP) is 10.1. The van der Waals surface area contributed by atoms with Gasteiger partial charge in [-0.05, 0) is 49.9 Å². The second-order valence-electron chi connectivity index (χ2n) is 6.51. The summed E-state index contributed by atoms with van der Waals surface area (Å²) in [5.74, 6) is 0.612. The highest BCUT2D eigenvalue weighted by Crippen LogP contribution is 2.72. The first kappa shape index (κ1) is 37.4. The van der Waals surface area contributed by atoms with Gasteiger partial charge in [0, 0.05) is 5.92 Å². The Kier molecular flexibility index (Phi) is 35.6. The summed E-state index contributed by atoms with van der Waals surface area (Å²) >= 11 is 0. The van der Waals surface area contributed by atoms with Gasteiger partial charge in [-0.25, -0.2) is 0 Å². The van der Waals surface area contributed by atoms with Crippen LogP contribution in [0.2, 0.25) is 0 Å². The number of Topliss-reactive ketones (excluding diaryl/α,β-unsaturated/α-hetero) is 1. The van der Waals surface area contributed by atoms with Crippen molar-refractivity contribution in [2.75, 3.05) is 0 Å². The zero-order valence-electron chi connectivity index (χ0n) is 22.4. The lowest BCUT2D eigenvalue weighted by Gasteiger charge is -2.25. The van der Waals surface area contributed by atoms with E-state index in [0.29, 0.717) is 16.6 Å². The van der Waals surface area contributed by atoms with E-state index in [1.165, 1.54) is 38.5 Å². The van der Waals surface area contributed by atoms with Crippen molar-refractivity contribution in [2.24, 2.45) is 16.7 Å². The first-order chi connectivity index (χ1) is 12.9. The molecule has 0 aromatic carbocycles. The monoisotopic (exact) mass is 388 g/mol. The standard InChI is InChI=1S/C14H26O.C4H10.4C2H6/c1-6-13(7-2)10-14(13,8-3)9-11(4)12(5)15;1-3-4-2;4*1-2/h11H,6-10H2,1-5H3;3-4H2,1-2H3;4*1-2H3. The van der Waals surface area contributed by atoms with Crippen molar-refractivity contribution in [3.05, 3.63) is 0 Å². The van der Waals surface area contributed by atoms with Crippen molar-refractivity contribution in [1.29, 1.82) is 0 Å².